The molecular formula is C12H20CuN6O14. The molecule has 0 aliphatic carbocycles. The van der Waals surface area contributed by atoms with Crippen molar-refractivity contribution in [1.82, 2.24) is 19.9 Å². The first-order chi connectivity index (χ1) is 12.9. The van der Waals surface area contributed by atoms with Gasteiger partial charge in [-0.1, -0.05) is 0 Å². The van der Waals surface area contributed by atoms with Crippen LogP contribution in [0.4, 0.5) is 0 Å². The Hall–Kier alpha value is -4.14. The summed E-state index contributed by atoms with van der Waals surface area (Å²) in [7, 11) is 0. The van der Waals surface area contributed by atoms with Crippen molar-refractivity contribution in [1.29, 1.82) is 0 Å². The minimum atomic E-state index is -1.75. The fourth-order valence-electron chi connectivity index (χ4n) is 1.01. The second-order valence-electron chi connectivity index (χ2n) is 4.14. The number of rotatable bonds is 2. The van der Waals surface area contributed by atoms with E-state index in [0.717, 1.165) is 0 Å². The van der Waals surface area contributed by atoms with Gasteiger partial charge < -0.3 is 62.8 Å². The van der Waals surface area contributed by atoms with Crippen molar-refractivity contribution in [3.05, 3.63) is 78.2 Å². The Labute approximate surface area is 193 Å². The molecular weight excluding hydrogens is 516 g/mol. The maximum atomic E-state index is 10.2. The number of aromatic nitrogens is 4. The quantitative estimate of drug-likeness (QED) is 0.222. The molecule has 33 heavy (non-hydrogen) atoms. The number of nitrogens with zero attached hydrogens (tertiary/aromatic N) is 6. The van der Waals surface area contributed by atoms with Crippen LogP contribution in [-0.4, -0.2) is 74.2 Å². The van der Waals surface area contributed by atoms with E-state index in [0.29, 0.717) is 11.4 Å². The van der Waals surface area contributed by atoms with Crippen molar-refractivity contribution in [2.45, 2.75) is 13.8 Å². The smallest absolute Gasteiger partial charge is 0.476 e. The molecule has 0 atom stereocenters. The van der Waals surface area contributed by atoms with Gasteiger partial charge in [0, 0.05) is 12.4 Å². The first kappa shape index (κ1) is 46.9. The molecule has 2 aromatic heterocycles. The Morgan fingerprint density at radius 2 is 0.879 bits per heavy atom. The summed E-state index contributed by atoms with van der Waals surface area (Å²) in [5.74, 6) is -2.10. The Morgan fingerprint density at radius 3 is 1.00 bits per heavy atom. The third kappa shape index (κ3) is 32.7. The number of hydrogen-bond donors (Lipinski definition) is 2. The van der Waals surface area contributed by atoms with Crippen LogP contribution in [0.25, 0.3) is 0 Å². The maximum absolute atomic E-state index is 10.2. The monoisotopic (exact) mass is 535 g/mol. The van der Waals surface area contributed by atoms with E-state index in [-0.39, 0.29) is 50.4 Å². The first-order valence-electron chi connectivity index (χ1n) is 6.53. The van der Waals surface area contributed by atoms with Crippen LogP contribution in [0.15, 0.2) is 24.8 Å². The van der Waals surface area contributed by atoms with Gasteiger partial charge in [0.2, 0.25) is 0 Å². The summed E-state index contributed by atoms with van der Waals surface area (Å²) in [6.45, 7) is 3.50. The van der Waals surface area contributed by atoms with Gasteiger partial charge in [0.15, 0.2) is 11.4 Å². The summed E-state index contributed by atoms with van der Waals surface area (Å²) in [5, 5.41) is 46.2. The van der Waals surface area contributed by atoms with E-state index in [1.807, 2.05) is 0 Å². The summed E-state index contributed by atoms with van der Waals surface area (Å²) in [6.07, 6.45) is 5.31. The molecule has 0 aliphatic rings. The third-order valence-electron chi connectivity index (χ3n) is 2.00. The van der Waals surface area contributed by atoms with E-state index >= 15 is 0 Å². The van der Waals surface area contributed by atoms with E-state index in [4.69, 9.17) is 40.9 Å². The van der Waals surface area contributed by atoms with Crippen LogP contribution in [0.3, 0.4) is 0 Å². The van der Waals surface area contributed by atoms with Crippen molar-refractivity contribution < 1.29 is 68.9 Å². The van der Waals surface area contributed by atoms with Gasteiger partial charge in [-0.25, -0.2) is 19.6 Å². The molecule has 0 bridgehead atoms. The SMILES string of the molecule is Cc1cnc(C(=O)O)cn1.Cc1cnc(C(=O)O)cn1.O.O.O.O.O=[N+]([O-])[O-].O=[N+]([O-])[O-].[Cu+2]. The number of carboxylic acids is 2. The fraction of sp³-hybridized carbons (Fsp3) is 0.167. The molecule has 0 saturated heterocycles. The molecule has 2 aromatic rings. The van der Waals surface area contributed by atoms with Gasteiger partial charge in [0.05, 0.1) is 34.0 Å². The minimum Gasteiger partial charge on any atom is -0.476 e. The summed E-state index contributed by atoms with van der Waals surface area (Å²) in [5.41, 5.74) is 1.38. The van der Waals surface area contributed by atoms with E-state index < -0.39 is 22.1 Å². The molecule has 20 nitrogen and oxygen atoms in total. The molecule has 1 radical (unpaired) electrons. The zero-order chi connectivity index (χ0) is 22.3. The van der Waals surface area contributed by atoms with Gasteiger partial charge in [0.25, 0.3) is 0 Å². The van der Waals surface area contributed by atoms with Crippen molar-refractivity contribution in [2.75, 3.05) is 0 Å². The van der Waals surface area contributed by atoms with E-state index in [2.05, 4.69) is 19.9 Å². The molecule has 193 valence electrons. The summed E-state index contributed by atoms with van der Waals surface area (Å²) < 4.78 is 0. The van der Waals surface area contributed by atoms with Crippen LogP contribution in [-0.2, 0) is 17.1 Å². The summed E-state index contributed by atoms with van der Waals surface area (Å²) in [4.78, 5) is 51.7. The number of carboxylic acid groups (broad SMARTS) is 2. The molecule has 0 saturated carbocycles. The zero-order valence-corrected chi connectivity index (χ0v) is 17.4. The van der Waals surface area contributed by atoms with Crippen LogP contribution < -0.4 is 0 Å². The molecule has 0 amide bonds. The zero-order valence-electron chi connectivity index (χ0n) is 16.5. The van der Waals surface area contributed by atoms with Crippen LogP contribution in [0.5, 0.6) is 0 Å². The van der Waals surface area contributed by atoms with Crippen LogP contribution in [0, 0.1) is 44.5 Å². The number of aryl methyl sites for hydroxylation is 2. The predicted molar refractivity (Wildman–Crippen MR) is 103 cm³/mol. The Bertz CT molecular complexity index is 717. The topological polar surface area (TPSA) is 385 Å². The van der Waals surface area contributed by atoms with Crippen molar-refractivity contribution in [3.63, 3.8) is 0 Å². The van der Waals surface area contributed by atoms with Gasteiger partial charge in [-0.15, -0.1) is 0 Å². The van der Waals surface area contributed by atoms with Gasteiger partial charge in [-0.3, -0.25) is 9.97 Å². The van der Waals surface area contributed by atoms with Crippen LogP contribution in [0.2, 0.25) is 0 Å². The first-order valence-corrected chi connectivity index (χ1v) is 6.53. The second kappa shape index (κ2) is 25.9. The average molecular weight is 536 g/mol. The van der Waals surface area contributed by atoms with Crippen LogP contribution in [0.1, 0.15) is 32.4 Å². The van der Waals surface area contributed by atoms with Gasteiger partial charge in [-0.2, -0.15) is 0 Å². The third-order valence-corrected chi connectivity index (χ3v) is 2.00. The predicted octanol–water partition coefficient (Wildman–Crippen LogP) is -2.81. The fourth-order valence-corrected chi connectivity index (χ4v) is 1.01. The molecule has 0 unspecified atom stereocenters. The Kier molecular flexibility index (Phi) is 36.8. The maximum Gasteiger partial charge on any atom is 2.00 e. The normalized spacial score (nSPS) is 7.09. The Morgan fingerprint density at radius 1 is 0.667 bits per heavy atom. The average Bonchev–Trinajstić information content (AvgIpc) is 2.55. The molecule has 0 aliphatic heterocycles. The second-order valence-corrected chi connectivity index (χ2v) is 4.14. The molecule has 2 rings (SSSR count). The minimum absolute atomic E-state index is 0. The molecule has 10 N–H and O–H groups in total. The van der Waals surface area contributed by atoms with Gasteiger partial charge >= 0.3 is 29.0 Å². The van der Waals surface area contributed by atoms with Crippen LogP contribution >= 0.6 is 0 Å². The van der Waals surface area contributed by atoms with Gasteiger partial charge in [-0.05, 0) is 13.8 Å². The number of aromatic carboxylic acids is 2. The Balaban J connectivity index is -0.0000000560. The van der Waals surface area contributed by atoms with E-state index in [1.165, 1.54) is 24.8 Å². The molecule has 21 heteroatoms. The standard InChI is InChI=1S/2C6H6N2O2.Cu.2NO3.4H2O/c2*1-4-2-8-5(3-7-4)6(9)10;;2*2-1(3)4;;;;/h2*2-3H,1H3,(H,9,10);;;;4*1H2/q;;+2;2*-1;;;;. The molecule has 0 aromatic carbocycles. The molecule has 2 heterocycles. The van der Waals surface area contributed by atoms with E-state index in [1.54, 1.807) is 13.8 Å². The number of carbonyl (C=O) groups is 2. The number of hydrogen-bond acceptors (Lipinski definition) is 12. The molecule has 0 spiro atoms. The summed E-state index contributed by atoms with van der Waals surface area (Å²) in [6, 6.07) is 0. The van der Waals surface area contributed by atoms with Crippen molar-refractivity contribution in [3.8, 4) is 0 Å². The van der Waals surface area contributed by atoms with E-state index in [9.17, 15) is 9.59 Å². The summed E-state index contributed by atoms with van der Waals surface area (Å²) >= 11 is 0. The largest absolute Gasteiger partial charge is 2.00 e. The van der Waals surface area contributed by atoms with Crippen molar-refractivity contribution in [2.24, 2.45) is 0 Å². The molecule has 0 fully saturated rings. The van der Waals surface area contributed by atoms with Gasteiger partial charge in [0.1, 0.15) is 0 Å². The van der Waals surface area contributed by atoms with Crippen molar-refractivity contribution >= 4 is 11.9 Å².